The zero-order valence-electron chi connectivity index (χ0n) is 17.2. The van der Waals surface area contributed by atoms with E-state index >= 15 is 0 Å². The van der Waals surface area contributed by atoms with Crippen molar-refractivity contribution < 1.29 is 28.6 Å². The van der Waals surface area contributed by atoms with Crippen LogP contribution in [0.1, 0.15) is 32.5 Å². The number of anilines is 1. The molecule has 6 nitrogen and oxygen atoms in total. The highest BCUT2D eigenvalue weighted by molar-refractivity contribution is 7.15. The summed E-state index contributed by atoms with van der Waals surface area (Å²) in [6.45, 7) is 3.91. The van der Waals surface area contributed by atoms with Gasteiger partial charge in [0.2, 0.25) is 5.91 Å². The van der Waals surface area contributed by atoms with Crippen LogP contribution in [-0.4, -0.2) is 30.7 Å². The molecule has 0 bridgehead atoms. The second kappa shape index (κ2) is 8.84. The van der Waals surface area contributed by atoms with E-state index in [1.807, 2.05) is 6.07 Å². The number of hydrogen-bond donors (Lipinski definition) is 2. The molecule has 2 heterocycles. The Kier molecular flexibility index (Phi) is 5.96. The van der Waals surface area contributed by atoms with Crippen LogP contribution in [0.3, 0.4) is 0 Å². The number of amides is 1. The molecule has 1 unspecified atom stereocenters. The van der Waals surface area contributed by atoms with Crippen LogP contribution in [0.5, 0.6) is 11.5 Å². The van der Waals surface area contributed by atoms with Gasteiger partial charge in [-0.3, -0.25) is 4.79 Å². The van der Waals surface area contributed by atoms with E-state index in [0.717, 1.165) is 11.3 Å². The summed E-state index contributed by atoms with van der Waals surface area (Å²) in [4.78, 5) is 25.5. The van der Waals surface area contributed by atoms with Crippen LogP contribution in [0.2, 0.25) is 0 Å². The molecule has 1 amide bonds. The van der Waals surface area contributed by atoms with Crippen LogP contribution in [0.4, 0.5) is 10.1 Å². The van der Waals surface area contributed by atoms with E-state index in [9.17, 15) is 19.1 Å². The number of para-hydroxylation sites is 1. The summed E-state index contributed by atoms with van der Waals surface area (Å²) < 4.78 is 25.2. The molecule has 32 heavy (non-hydrogen) atoms. The number of hydrogen-bond acceptors (Lipinski definition) is 5. The van der Waals surface area contributed by atoms with Crippen molar-refractivity contribution in [2.75, 3.05) is 19.0 Å². The molecule has 1 aliphatic rings. The second-order valence-electron chi connectivity index (χ2n) is 7.14. The molecule has 0 spiro atoms. The Morgan fingerprint density at radius 1 is 1.34 bits per heavy atom. The lowest BCUT2D eigenvalue weighted by atomic mass is 9.88. The van der Waals surface area contributed by atoms with Crippen molar-refractivity contribution in [2.45, 2.75) is 12.3 Å². The van der Waals surface area contributed by atoms with Crippen LogP contribution >= 0.6 is 11.3 Å². The minimum absolute atomic E-state index is 0.0317. The second-order valence-corrected chi connectivity index (χ2v) is 8.20. The van der Waals surface area contributed by atoms with Crippen molar-refractivity contribution in [3.05, 3.63) is 76.3 Å². The minimum atomic E-state index is -1.15. The molecule has 1 aliphatic heterocycles. The summed E-state index contributed by atoms with van der Waals surface area (Å²) in [7, 11) is 1.52. The van der Waals surface area contributed by atoms with Crippen molar-refractivity contribution in [3.8, 4) is 22.6 Å². The van der Waals surface area contributed by atoms with Gasteiger partial charge in [0.1, 0.15) is 17.3 Å². The highest BCUT2D eigenvalue weighted by Gasteiger charge is 2.36. The number of carboxylic acid groups (broad SMARTS) is 1. The third kappa shape index (κ3) is 3.85. The van der Waals surface area contributed by atoms with Crippen molar-refractivity contribution in [2.24, 2.45) is 0 Å². The maximum Gasteiger partial charge on any atom is 0.346 e. The highest BCUT2D eigenvalue weighted by Crippen LogP contribution is 2.51. The quantitative estimate of drug-likeness (QED) is 0.474. The first-order valence-corrected chi connectivity index (χ1v) is 10.6. The van der Waals surface area contributed by atoms with E-state index in [-0.39, 0.29) is 23.8 Å². The molecule has 2 aromatic carbocycles. The van der Waals surface area contributed by atoms with Gasteiger partial charge in [-0.2, -0.15) is 0 Å². The van der Waals surface area contributed by atoms with Crippen LogP contribution in [0.25, 0.3) is 11.1 Å². The number of fused-ring (bicyclic) bond motifs is 1. The summed E-state index contributed by atoms with van der Waals surface area (Å²) in [5.41, 5.74) is 1.77. The predicted octanol–water partition coefficient (Wildman–Crippen LogP) is 5.30. The topological polar surface area (TPSA) is 84.9 Å². The molecule has 0 fully saturated rings. The van der Waals surface area contributed by atoms with Crippen LogP contribution in [0.15, 0.2) is 55.1 Å². The molecular weight excluding hydrogens is 433 g/mol. The lowest BCUT2D eigenvalue weighted by Gasteiger charge is -2.26. The van der Waals surface area contributed by atoms with Gasteiger partial charge in [-0.15, -0.1) is 11.3 Å². The summed E-state index contributed by atoms with van der Waals surface area (Å²) in [5.74, 6) is -1.40. The molecule has 1 atom stereocenters. The number of nitrogens with one attached hydrogen (secondary N) is 1. The van der Waals surface area contributed by atoms with E-state index in [4.69, 9.17) is 9.47 Å². The monoisotopic (exact) mass is 453 g/mol. The summed E-state index contributed by atoms with van der Waals surface area (Å²) in [6.07, 6.45) is 1.71. The fraction of sp³-hybridized carbons (Fsp3) is 0.167. The Hall–Kier alpha value is -3.65. The molecule has 0 aliphatic carbocycles. The average Bonchev–Trinajstić information content (AvgIpc) is 3.16. The molecule has 0 saturated heterocycles. The van der Waals surface area contributed by atoms with Crippen LogP contribution in [0, 0.1) is 5.82 Å². The Morgan fingerprint density at radius 2 is 2.12 bits per heavy atom. The van der Waals surface area contributed by atoms with E-state index in [0.29, 0.717) is 38.8 Å². The van der Waals surface area contributed by atoms with Gasteiger partial charge in [-0.25, -0.2) is 9.18 Å². The first kappa shape index (κ1) is 21.6. The first-order chi connectivity index (χ1) is 15.4. The lowest BCUT2D eigenvalue weighted by Crippen LogP contribution is -2.23. The minimum Gasteiger partial charge on any atom is -0.493 e. The van der Waals surface area contributed by atoms with E-state index in [1.54, 1.807) is 24.3 Å². The Bertz CT molecular complexity index is 1220. The molecule has 3 aromatic rings. The fourth-order valence-electron chi connectivity index (χ4n) is 3.87. The zero-order chi connectivity index (χ0) is 22.8. The Morgan fingerprint density at radius 3 is 2.81 bits per heavy atom. The maximum absolute atomic E-state index is 13.9. The molecule has 1 aromatic heterocycles. The number of carbonyl (C=O) groups excluding carboxylic acids is 1. The van der Waals surface area contributed by atoms with E-state index in [1.165, 1.54) is 25.3 Å². The molecule has 8 heteroatoms. The average molecular weight is 453 g/mol. The molecule has 4 rings (SSSR count). The molecule has 0 radical (unpaired) electrons. The van der Waals surface area contributed by atoms with E-state index in [2.05, 4.69) is 11.9 Å². The lowest BCUT2D eigenvalue weighted by molar-refractivity contribution is -0.116. The molecule has 2 N–H and O–H groups in total. The number of halogens is 1. The van der Waals surface area contributed by atoms with Gasteiger partial charge >= 0.3 is 5.97 Å². The maximum atomic E-state index is 13.9. The number of methoxy groups -OCH3 is 1. The SMILES string of the molecule is C=CCOc1c(OC)cccc1C1CC(=O)Nc2c1sc(C(=O)O)c2-c1cccc(F)c1. The van der Waals surface area contributed by atoms with E-state index < -0.39 is 17.7 Å². The van der Waals surface area contributed by atoms with Crippen molar-refractivity contribution in [1.29, 1.82) is 0 Å². The van der Waals surface area contributed by atoms with Gasteiger partial charge in [-0.05, 0) is 23.8 Å². The van der Waals surface area contributed by atoms with Gasteiger partial charge < -0.3 is 19.9 Å². The van der Waals surface area contributed by atoms with Gasteiger partial charge in [0.25, 0.3) is 0 Å². The highest BCUT2D eigenvalue weighted by atomic mass is 32.1. The predicted molar refractivity (Wildman–Crippen MR) is 120 cm³/mol. The van der Waals surface area contributed by atoms with Gasteiger partial charge in [0.15, 0.2) is 11.5 Å². The Balaban J connectivity index is 1.94. The zero-order valence-corrected chi connectivity index (χ0v) is 18.0. The number of rotatable bonds is 7. The fourth-order valence-corrected chi connectivity index (χ4v) is 5.11. The molecule has 164 valence electrons. The number of aromatic carboxylic acids is 1. The third-order valence-electron chi connectivity index (χ3n) is 5.16. The van der Waals surface area contributed by atoms with Crippen LogP contribution in [-0.2, 0) is 4.79 Å². The van der Waals surface area contributed by atoms with Crippen molar-refractivity contribution >= 4 is 28.9 Å². The summed E-state index contributed by atoms with van der Waals surface area (Å²) in [5, 5.41) is 12.7. The largest absolute Gasteiger partial charge is 0.493 e. The van der Waals surface area contributed by atoms with Gasteiger partial charge in [0, 0.05) is 28.3 Å². The summed E-state index contributed by atoms with van der Waals surface area (Å²) >= 11 is 1.07. The Labute approximate surface area is 187 Å². The number of benzene rings is 2. The van der Waals surface area contributed by atoms with Crippen LogP contribution < -0.4 is 14.8 Å². The standard InChI is InChI=1S/C24H20FNO5S/c1-3-10-31-21-15(8-5-9-17(21)30-2)16-12-18(27)26-20-19(13-6-4-7-14(25)11-13)23(24(28)29)32-22(16)20/h3-9,11,16H,1,10,12H2,2H3,(H,26,27)(H,28,29). The first-order valence-electron chi connectivity index (χ1n) is 9.81. The van der Waals surface area contributed by atoms with Crippen molar-refractivity contribution in [3.63, 3.8) is 0 Å². The molecular formula is C24H20FNO5S. The normalized spacial score (nSPS) is 14.9. The number of ether oxygens (including phenoxy) is 2. The van der Waals surface area contributed by atoms with Gasteiger partial charge in [0.05, 0.1) is 12.8 Å². The third-order valence-corrected chi connectivity index (χ3v) is 6.46. The van der Waals surface area contributed by atoms with Crippen molar-refractivity contribution in [1.82, 2.24) is 0 Å². The number of thiophene rings is 1. The number of carbonyl (C=O) groups is 2. The molecule has 0 saturated carbocycles. The smallest absolute Gasteiger partial charge is 0.346 e. The van der Waals surface area contributed by atoms with Gasteiger partial charge in [-0.1, -0.05) is 36.9 Å². The number of carboxylic acids is 1. The summed E-state index contributed by atoms with van der Waals surface area (Å²) in [6, 6.07) is 11.0.